The fraction of sp³-hybridized carbons (Fsp3) is 0.200. The normalized spacial score (nSPS) is 11.7. The average Bonchev–Trinajstić information content (AvgIpc) is 3.02. The number of aromatic nitrogens is 1. The number of carbonyl (C=O) groups is 1. The Bertz CT molecular complexity index is 893. The van der Waals surface area contributed by atoms with Crippen molar-refractivity contribution in [2.45, 2.75) is 20.0 Å². The Morgan fingerprint density at radius 2 is 1.85 bits per heavy atom. The van der Waals surface area contributed by atoms with Gasteiger partial charge in [0.05, 0.1) is 12.8 Å². The summed E-state index contributed by atoms with van der Waals surface area (Å²) in [4.78, 5) is 18.0. The fourth-order valence-electron chi connectivity index (χ4n) is 2.45. The zero-order chi connectivity index (χ0) is 18.5. The molecule has 0 fully saturated rings. The van der Waals surface area contributed by atoms with Crippen LogP contribution in [0.25, 0.3) is 11.3 Å². The Balaban J connectivity index is 1.68. The van der Waals surface area contributed by atoms with Crippen LogP contribution < -0.4 is 14.8 Å². The topological polar surface area (TPSA) is 60.5 Å². The molecule has 0 spiro atoms. The molecule has 0 saturated heterocycles. The highest BCUT2D eigenvalue weighted by Crippen LogP contribution is 2.30. The van der Waals surface area contributed by atoms with Crippen molar-refractivity contribution < 1.29 is 14.3 Å². The van der Waals surface area contributed by atoms with E-state index in [4.69, 9.17) is 9.47 Å². The number of aryl methyl sites for hydroxylation is 1. The van der Waals surface area contributed by atoms with E-state index in [-0.39, 0.29) is 5.91 Å². The summed E-state index contributed by atoms with van der Waals surface area (Å²) in [5, 5.41) is 3.40. The summed E-state index contributed by atoms with van der Waals surface area (Å²) in [5.41, 5.74) is 1.91. The summed E-state index contributed by atoms with van der Waals surface area (Å²) < 4.78 is 10.9. The second kappa shape index (κ2) is 8.01. The summed E-state index contributed by atoms with van der Waals surface area (Å²) >= 11 is 1.45. The van der Waals surface area contributed by atoms with E-state index in [0.29, 0.717) is 16.6 Å². The van der Waals surface area contributed by atoms with Crippen LogP contribution in [0.2, 0.25) is 0 Å². The molecule has 134 valence electrons. The molecule has 26 heavy (non-hydrogen) atoms. The van der Waals surface area contributed by atoms with Crippen LogP contribution in [0.15, 0.2) is 54.6 Å². The molecule has 0 aliphatic rings. The standard InChI is InChI=1S/C20H20N2O3S/c1-13(25-17-11-7-10-16(12-17)24-3)19(23)22-20-21-18(14(2)26-20)15-8-5-4-6-9-15/h4-13H,1-3H3,(H,21,22,23). The van der Waals surface area contributed by atoms with Gasteiger partial charge in [-0.25, -0.2) is 4.98 Å². The molecule has 3 aromatic rings. The summed E-state index contributed by atoms with van der Waals surface area (Å²) in [6.07, 6.45) is -0.661. The zero-order valence-corrected chi connectivity index (χ0v) is 15.7. The van der Waals surface area contributed by atoms with E-state index in [9.17, 15) is 4.79 Å². The van der Waals surface area contributed by atoms with Gasteiger partial charge in [0.2, 0.25) is 0 Å². The minimum Gasteiger partial charge on any atom is -0.497 e. The molecule has 1 amide bonds. The van der Waals surface area contributed by atoms with E-state index >= 15 is 0 Å². The maximum absolute atomic E-state index is 12.4. The van der Waals surface area contributed by atoms with E-state index in [1.54, 1.807) is 26.2 Å². The summed E-state index contributed by atoms with van der Waals surface area (Å²) in [7, 11) is 1.59. The molecule has 1 heterocycles. The molecule has 3 rings (SSSR count). The van der Waals surface area contributed by atoms with Gasteiger partial charge in [0.25, 0.3) is 5.91 Å². The molecule has 2 aromatic carbocycles. The number of hydrogen-bond donors (Lipinski definition) is 1. The molecular weight excluding hydrogens is 348 g/mol. The van der Waals surface area contributed by atoms with Crippen molar-refractivity contribution in [3.8, 4) is 22.8 Å². The lowest BCUT2D eigenvalue weighted by Crippen LogP contribution is -2.30. The van der Waals surface area contributed by atoms with Gasteiger partial charge in [0.1, 0.15) is 11.5 Å². The fourth-order valence-corrected chi connectivity index (χ4v) is 3.29. The maximum atomic E-state index is 12.4. The van der Waals surface area contributed by atoms with Crippen LogP contribution in [-0.4, -0.2) is 24.1 Å². The van der Waals surface area contributed by atoms with Crippen molar-refractivity contribution in [1.29, 1.82) is 0 Å². The van der Waals surface area contributed by atoms with Gasteiger partial charge in [0.15, 0.2) is 11.2 Å². The van der Waals surface area contributed by atoms with Gasteiger partial charge in [-0.15, -0.1) is 11.3 Å². The lowest BCUT2D eigenvalue weighted by atomic mass is 10.1. The molecule has 0 saturated carbocycles. The number of amides is 1. The van der Waals surface area contributed by atoms with Crippen LogP contribution in [0.3, 0.4) is 0 Å². The third kappa shape index (κ3) is 4.21. The number of methoxy groups -OCH3 is 1. The highest BCUT2D eigenvalue weighted by molar-refractivity contribution is 7.16. The minimum absolute atomic E-state index is 0.249. The number of rotatable bonds is 6. The third-order valence-electron chi connectivity index (χ3n) is 3.80. The molecule has 1 atom stereocenters. The highest BCUT2D eigenvalue weighted by atomic mass is 32.1. The van der Waals surface area contributed by atoms with Gasteiger partial charge in [-0.05, 0) is 26.0 Å². The number of benzene rings is 2. The van der Waals surface area contributed by atoms with Gasteiger partial charge in [-0.3, -0.25) is 10.1 Å². The lowest BCUT2D eigenvalue weighted by Gasteiger charge is -2.14. The molecule has 5 nitrogen and oxygen atoms in total. The monoisotopic (exact) mass is 368 g/mol. The van der Waals surface area contributed by atoms with Gasteiger partial charge in [-0.1, -0.05) is 36.4 Å². The quantitative estimate of drug-likeness (QED) is 0.694. The average molecular weight is 368 g/mol. The second-order valence-electron chi connectivity index (χ2n) is 5.72. The number of ether oxygens (including phenoxy) is 2. The summed E-state index contributed by atoms with van der Waals surface area (Å²) in [6, 6.07) is 17.1. The van der Waals surface area contributed by atoms with Gasteiger partial charge in [-0.2, -0.15) is 0 Å². The van der Waals surface area contributed by atoms with Crippen molar-refractivity contribution in [3.05, 3.63) is 59.5 Å². The molecule has 0 radical (unpaired) electrons. The first-order valence-electron chi connectivity index (χ1n) is 8.21. The van der Waals surface area contributed by atoms with Crippen molar-refractivity contribution >= 4 is 22.4 Å². The maximum Gasteiger partial charge on any atom is 0.266 e. The minimum atomic E-state index is -0.661. The predicted molar refractivity (Wildman–Crippen MR) is 104 cm³/mol. The van der Waals surface area contributed by atoms with Crippen LogP contribution in [-0.2, 0) is 4.79 Å². The smallest absolute Gasteiger partial charge is 0.266 e. The number of nitrogens with one attached hydrogen (secondary N) is 1. The number of anilines is 1. The molecule has 0 aliphatic carbocycles. The Hall–Kier alpha value is -2.86. The molecule has 6 heteroatoms. The van der Waals surface area contributed by atoms with Crippen molar-refractivity contribution in [1.82, 2.24) is 4.98 Å². The first-order valence-corrected chi connectivity index (χ1v) is 9.03. The zero-order valence-electron chi connectivity index (χ0n) is 14.9. The van der Waals surface area contributed by atoms with E-state index in [2.05, 4.69) is 10.3 Å². The molecule has 1 N–H and O–H groups in total. The van der Waals surface area contributed by atoms with Crippen molar-refractivity contribution in [3.63, 3.8) is 0 Å². The SMILES string of the molecule is COc1cccc(OC(C)C(=O)Nc2nc(-c3ccccc3)c(C)s2)c1. The van der Waals surface area contributed by atoms with Crippen LogP contribution >= 0.6 is 11.3 Å². The number of thiazole rings is 1. The first-order chi connectivity index (χ1) is 12.6. The molecule has 1 aromatic heterocycles. The Morgan fingerprint density at radius 1 is 1.12 bits per heavy atom. The van der Waals surface area contributed by atoms with E-state index < -0.39 is 6.10 Å². The summed E-state index contributed by atoms with van der Waals surface area (Å²) in [5.74, 6) is 1.01. The van der Waals surface area contributed by atoms with E-state index in [0.717, 1.165) is 16.1 Å². The number of hydrogen-bond acceptors (Lipinski definition) is 5. The lowest BCUT2D eigenvalue weighted by molar-refractivity contribution is -0.122. The van der Waals surface area contributed by atoms with Crippen molar-refractivity contribution in [2.75, 3.05) is 12.4 Å². The first kappa shape index (κ1) is 17.9. The molecular formula is C20H20N2O3S. The molecule has 1 unspecified atom stereocenters. The van der Waals surface area contributed by atoms with Crippen molar-refractivity contribution in [2.24, 2.45) is 0 Å². The largest absolute Gasteiger partial charge is 0.497 e. The van der Waals surface area contributed by atoms with Crippen LogP contribution in [0.4, 0.5) is 5.13 Å². The van der Waals surface area contributed by atoms with Crippen LogP contribution in [0, 0.1) is 6.92 Å². The van der Waals surface area contributed by atoms with Crippen LogP contribution in [0.1, 0.15) is 11.8 Å². The summed E-state index contributed by atoms with van der Waals surface area (Å²) in [6.45, 7) is 3.69. The van der Waals surface area contributed by atoms with Gasteiger partial charge < -0.3 is 9.47 Å². The molecule has 0 aliphatic heterocycles. The van der Waals surface area contributed by atoms with Crippen LogP contribution in [0.5, 0.6) is 11.5 Å². The van der Waals surface area contributed by atoms with E-state index in [1.807, 2.05) is 49.4 Å². The van der Waals surface area contributed by atoms with E-state index in [1.165, 1.54) is 11.3 Å². The Labute approximate surface area is 156 Å². The Morgan fingerprint density at radius 3 is 2.58 bits per heavy atom. The Kier molecular flexibility index (Phi) is 5.53. The predicted octanol–water partition coefficient (Wildman–Crippen LogP) is 4.53. The third-order valence-corrected chi connectivity index (χ3v) is 4.68. The molecule has 0 bridgehead atoms. The highest BCUT2D eigenvalue weighted by Gasteiger charge is 2.18. The van der Waals surface area contributed by atoms with Gasteiger partial charge in [0, 0.05) is 16.5 Å². The number of carbonyl (C=O) groups excluding carboxylic acids is 1. The second-order valence-corrected chi connectivity index (χ2v) is 6.92. The number of nitrogens with zero attached hydrogens (tertiary/aromatic N) is 1. The van der Waals surface area contributed by atoms with Gasteiger partial charge >= 0.3 is 0 Å².